The fraction of sp³-hybridized carbons (Fsp3) is 0.680. The molecule has 159 valence electrons. The van der Waals surface area contributed by atoms with Crippen LogP contribution >= 0.6 is 0 Å². The molecule has 0 saturated heterocycles. The summed E-state index contributed by atoms with van der Waals surface area (Å²) in [5.74, 6) is -0.421. The number of carbonyl (C=O) groups is 1. The summed E-state index contributed by atoms with van der Waals surface area (Å²) in [6.07, 6.45) is 15.1. The van der Waals surface area contributed by atoms with Crippen molar-refractivity contribution in [3.05, 3.63) is 42.3 Å². The number of unbranched alkanes of at least 4 members (excludes halogenated alkanes) is 11. The van der Waals surface area contributed by atoms with Crippen LogP contribution in [0.2, 0.25) is 0 Å². The minimum absolute atomic E-state index is 0.0749. The van der Waals surface area contributed by atoms with Crippen LogP contribution < -0.4 is 0 Å². The summed E-state index contributed by atoms with van der Waals surface area (Å²) in [4.78, 5) is 22.0. The lowest BCUT2D eigenvalue weighted by Crippen LogP contribution is -2.12. The van der Waals surface area contributed by atoms with Crippen LogP contribution in [-0.2, 0) is 15.2 Å². The Morgan fingerprint density at radius 1 is 0.786 bits per heavy atom. The first-order chi connectivity index (χ1) is 13.4. The molecular formula is C25H41O3. The predicted molar refractivity (Wildman–Crippen MR) is 117 cm³/mol. The monoisotopic (exact) mass is 389 g/mol. The van der Waals surface area contributed by atoms with Crippen molar-refractivity contribution >= 4 is 5.97 Å². The van der Waals surface area contributed by atoms with Crippen LogP contribution in [0.5, 0.6) is 0 Å². The zero-order chi connectivity index (χ0) is 20.7. The molecule has 0 amide bonds. The average Bonchev–Trinajstić information content (AvgIpc) is 2.67. The second-order valence-corrected chi connectivity index (χ2v) is 8.76. The largest absolute Gasteiger partial charge is 0.373 e. The molecule has 0 atom stereocenters. The number of benzene rings is 1. The zero-order valence-electron chi connectivity index (χ0n) is 18.4. The van der Waals surface area contributed by atoms with Gasteiger partial charge in [-0.2, -0.15) is 4.89 Å². The third kappa shape index (κ3) is 11.5. The Hall–Kier alpha value is -1.35. The molecule has 1 rings (SSSR count). The summed E-state index contributed by atoms with van der Waals surface area (Å²) in [5, 5.41) is 0. The Morgan fingerprint density at radius 2 is 1.25 bits per heavy atom. The Labute approximate surface area is 173 Å². The van der Waals surface area contributed by atoms with Crippen LogP contribution in [-0.4, -0.2) is 12.6 Å². The van der Waals surface area contributed by atoms with E-state index in [0.29, 0.717) is 12.2 Å². The average molecular weight is 390 g/mol. The molecule has 1 aromatic carbocycles. The SMILES string of the molecule is [CH2]CCCCCCCCCCCCCOOC(=O)c1ccc(C(C)(C)C)cc1. The van der Waals surface area contributed by atoms with E-state index in [0.717, 1.165) is 19.3 Å². The summed E-state index contributed by atoms with van der Waals surface area (Å²) in [6, 6.07) is 7.54. The summed E-state index contributed by atoms with van der Waals surface area (Å²) >= 11 is 0. The van der Waals surface area contributed by atoms with Gasteiger partial charge in [-0.05, 0) is 29.5 Å². The fourth-order valence-corrected chi connectivity index (χ4v) is 3.18. The van der Waals surface area contributed by atoms with Crippen LogP contribution in [0.1, 0.15) is 114 Å². The van der Waals surface area contributed by atoms with Crippen LogP contribution in [0.4, 0.5) is 0 Å². The lowest BCUT2D eigenvalue weighted by Gasteiger charge is -2.18. The Kier molecular flexibility index (Phi) is 12.9. The second kappa shape index (κ2) is 14.6. The molecule has 0 saturated carbocycles. The predicted octanol–water partition coefficient (Wildman–Crippen LogP) is 7.59. The van der Waals surface area contributed by atoms with Gasteiger partial charge in [-0.25, -0.2) is 4.79 Å². The van der Waals surface area contributed by atoms with Gasteiger partial charge in [-0.1, -0.05) is 110 Å². The van der Waals surface area contributed by atoms with Crippen molar-refractivity contribution in [2.75, 3.05) is 6.61 Å². The molecule has 1 aromatic rings. The molecule has 0 fully saturated rings. The quantitative estimate of drug-likeness (QED) is 0.176. The lowest BCUT2D eigenvalue weighted by atomic mass is 9.87. The first-order valence-electron chi connectivity index (χ1n) is 11.2. The number of hydrogen-bond acceptors (Lipinski definition) is 3. The molecule has 3 heteroatoms. The van der Waals surface area contributed by atoms with Gasteiger partial charge in [0.15, 0.2) is 0 Å². The van der Waals surface area contributed by atoms with Gasteiger partial charge in [0.05, 0.1) is 12.2 Å². The van der Waals surface area contributed by atoms with Gasteiger partial charge in [-0.3, -0.25) is 4.89 Å². The maximum absolute atomic E-state index is 12.0. The van der Waals surface area contributed by atoms with Gasteiger partial charge >= 0.3 is 5.97 Å². The van der Waals surface area contributed by atoms with E-state index in [1.165, 1.54) is 63.4 Å². The smallest absolute Gasteiger partial charge is 0.293 e. The molecule has 0 spiro atoms. The second-order valence-electron chi connectivity index (χ2n) is 8.76. The van der Waals surface area contributed by atoms with E-state index >= 15 is 0 Å². The van der Waals surface area contributed by atoms with Crippen molar-refractivity contribution in [1.29, 1.82) is 0 Å². The number of rotatable bonds is 15. The highest BCUT2D eigenvalue weighted by molar-refractivity contribution is 5.88. The van der Waals surface area contributed by atoms with Gasteiger partial charge in [0.2, 0.25) is 0 Å². The normalized spacial score (nSPS) is 11.6. The van der Waals surface area contributed by atoms with E-state index in [9.17, 15) is 4.79 Å². The van der Waals surface area contributed by atoms with Gasteiger partial charge in [0.25, 0.3) is 0 Å². The lowest BCUT2D eigenvalue weighted by molar-refractivity contribution is -0.241. The highest BCUT2D eigenvalue weighted by Crippen LogP contribution is 2.22. The zero-order valence-corrected chi connectivity index (χ0v) is 18.4. The number of carbonyl (C=O) groups excluding carboxylic acids is 1. The van der Waals surface area contributed by atoms with E-state index in [1.54, 1.807) is 12.1 Å². The van der Waals surface area contributed by atoms with Crippen molar-refractivity contribution in [3.8, 4) is 0 Å². The topological polar surface area (TPSA) is 35.5 Å². The van der Waals surface area contributed by atoms with E-state index in [2.05, 4.69) is 27.7 Å². The third-order valence-corrected chi connectivity index (χ3v) is 5.10. The summed E-state index contributed by atoms with van der Waals surface area (Å²) in [6.45, 7) is 10.8. The van der Waals surface area contributed by atoms with Crippen LogP contribution in [0, 0.1) is 6.92 Å². The van der Waals surface area contributed by atoms with Crippen molar-refractivity contribution in [2.24, 2.45) is 0 Å². The molecule has 0 aliphatic heterocycles. The standard InChI is InChI=1S/C25H41O3/c1-5-6-7-8-9-10-11-12-13-14-15-16-21-27-28-24(26)22-17-19-23(20-18-22)25(2,3)4/h17-20H,1,5-16,21H2,2-4H3. The summed E-state index contributed by atoms with van der Waals surface area (Å²) < 4.78 is 0. The first kappa shape index (κ1) is 24.7. The Balaban J connectivity index is 1.96. The van der Waals surface area contributed by atoms with E-state index < -0.39 is 5.97 Å². The van der Waals surface area contributed by atoms with E-state index in [-0.39, 0.29) is 5.41 Å². The van der Waals surface area contributed by atoms with Crippen molar-refractivity contribution in [3.63, 3.8) is 0 Å². The Bertz CT molecular complexity index is 514. The summed E-state index contributed by atoms with van der Waals surface area (Å²) in [7, 11) is 0. The molecule has 3 nitrogen and oxygen atoms in total. The minimum atomic E-state index is -0.421. The molecule has 0 aliphatic rings. The van der Waals surface area contributed by atoms with Crippen molar-refractivity contribution in [1.82, 2.24) is 0 Å². The van der Waals surface area contributed by atoms with Crippen LogP contribution in [0.3, 0.4) is 0 Å². The minimum Gasteiger partial charge on any atom is -0.293 e. The maximum Gasteiger partial charge on any atom is 0.373 e. The third-order valence-electron chi connectivity index (χ3n) is 5.10. The molecule has 0 N–H and O–H groups in total. The van der Waals surface area contributed by atoms with Crippen molar-refractivity contribution in [2.45, 2.75) is 103 Å². The highest BCUT2D eigenvalue weighted by Gasteiger charge is 2.15. The van der Waals surface area contributed by atoms with Gasteiger partial charge in [0, 0.05) is 0 Å². The molecule has 0 unspecified atom stereocenters. The molecule has 0 heterocycles. The van der Waals surface area contributed by atoms with Crippen LogP contribution in [0.25, 0.3) is 0 Å². The molecule has 0 aromatic heterocycles. The van der Waals surface area contributed by atoms with Gasteiger partial charge < -0.3 is 0 Å². The molecule has 1 radical (unpaired) electrons. The van der Waals surface area contributed by atoms with Gasteiger partial charge in [0.1, 0.15) is 0 Å². The molecular weight excluding hydrogens is 348 g/mol. The Morgan fingerprint density at radius 3 is 1.71 bits per heavy atom. The molecule has 28 heavy (non-hydrogen) atoms. The molecule has 0 aliphatic carbocycles. The fourth-order valence-electron chi connectivity index (χ4n) is 3.18. The van der Waals surface area contributed by atoms with E-state index in [4.69, 9.17) is 9.78 Å². The van der Waals surface area contributed by atoms with Crippen LogP contribution in [0.15, 0.2) is 24.3 Å². The van der Waals surface area contributed by atoms with Gasteiger partial charge in [-0.15, -0.1) is 0 Å². The summed E-state index contributed by atoms with van der Waals surface area (Å²) in [5.41, 5.74) is 1.80. The maximum atomic E-state index is 12.0. The molecule has 0 bridgehead atoms. The number of hydrogen-bond donors (Lipinski definition) is 0. The van der Waals surface area contributed by atoms with Crippen molar-refractivity contribution < 1.29 is 14.6 Å². The van der Waals surface area contributed by atoms with E-state index in [1.807, 2.05) is 12.1 Å². The highest BCUT2D eigenvalue weighted by atomic mass is 17.2. The first-order valence-corrected chi connectivity index (χ1v) is 11.2.